The highest BCUT2D eigenvalue weighted by Crippen LogP contribution is 2.36. The molecule has 0 spiro atoms. The van der Waals surface area contributed by atoms with Crippen LogP contribution in [0.2, 0.25) is 0 Å². The lowest BCUT2D eigenvalue weighted by atomic mass is 10.2. The van der Waals surface area contributed by atoms with E-state index in [0.29, 0.717) is 31.5 Å². The minimum Gasteiger partial charge on any atom is -0.481 e. The van der Waals surface area contributed by atoms with Crippen LogP contribution in [0.25, 0.3) is 0 Å². The van der Waals surface area contributed by atoms with Crippen molar-refractivity contribution in [1.82, 2.24) is 15.2 Å². The van der Waals surface area contributed by atoms with E-state index in [1.54, 1.807) is 20.8 Å². The number of amides is 2. The Kier molecular flexibility index (Phi) is 6.63. The second-order valence-corrected chi connectivity index (χ2v) is 9.54. The van der Waals surface area contributed by atoms with E-state index in [-0.39, 0.29) is 24.1 Å². The highest BCUT2D eigenvalue weighted by molar-refractivity contribution is 5.86. The summed E-state index contributed by atoms with van der Waals surface area (Å²) in [6.07, 6.45) is 1.56. The topological polar surface area (TPSA) is 84.0 Å². The molecule has 3 heterocycles. The average Bonchev–Trinajstić information content (AvgIpc) is 3.44. The van der Waals surface area contributed by atoms with Crippen LogP contribution >= 0.6 is 0 Å². The molecule has 0 aliphatic carbocycles. The standard InChI is InChI=1S/C25H31FN4O4/c1-25(2,3)34-24(32)30-12-7-10-20(30)22(31)27-15-17-14-18(26)21(28-23(17)33-4)29-13-11-16-8-5-6-9-19(16)29/h5-6,8-9,14,20H,7,10-13,15H2,1-4H3,(H,27,31)/t20-/m0/s1. The normalized spacial score (nSPS) is 17.5. The number of hydrogen-bond donors (Lipinski definition) is 1. The first-order valence-corrected chi connectivity index (χ1v) is 11.5. The second kappa shape index (κ2) is 9.48. The van der Waals surface area contributed by atoms with E-state index in [2.05, 4.69) is 10.3 Å². The molecule has 0 bridgehead atoms. The van der Waals surface area contributed by atoms with Gasteiger partial charge in [0, 0.05) is 30.9 Å². The average molecular weight is 471 g/mol. The Morgan fingerprint density at radius 2 is 2.00 bits per heavy atom. The molecule has 8 nitrogen and oxygen atoms in total. The van der Waals surface area contributed by atoms with Crippen LogP contribution in [0, 0.1) is 5.82 Å². The molecule has 1 aromatic heterocycles. The predicted molar refractivity (Wildman–Crippen MR) is 126 cm³/mol. The van der Waals surface area contributed by atoms with Crippen LogP contribution in [0.5, 0.6) is 5.88 Å². The molecule has 2 aliphatic heterocycles. The number of likely N-dealkylation sites (tertiary alicyclic amines) is 1. The number of ether oxygens (including phenoxy) is 2. The number of rotatable bonds is 5. The summed E-state index contributed by atoms with van der Waals surface area (Å²) in [5.74, 6) is -0.360. The van der Waals surface area contributed by atoms with Crippen LogP contribution in [0.4, 0.5) is 20.7 Å². The number of methoxy groups -OCH3 is 1. The van der Waals surface area contributed by atoms with Gasteiger partial charge in [-0.1, -0.05) is 18.2 Å². The zero-order valence-corrected chi connectivity index (χ0v) is 20.1. The molecule has 1 atom stereocenters. The molecule has 182 valence electrons. The SMILES string of the molecule is COc1nc(N2CCc3ccccc32)c(F)cc1CNC(=O)[C@@H]1CCCN1C(=O)OC(C)(C)C. The smallest absolute Gasteiger partial charge is 0.410 e. The van der Waals surface area contributed by atoms with Crippen molar-refractivity contribution in [3.05, 3.63) is 47.3 Å². The lowest BCUT2D eigenvalue weighted by molar-refractivity contribution is -0.125. The van der Waals surface area contributed by atoms with Crippen molar-refractivity contribution in [3.8, 4) is 5.88 Å². The maximum atomic E-state index is 15.1. The van der Waals surface area contributed by atoms with Gasteiger partial charge in [0.15, 0.2) is 11.6 Å². The van der Waals surface area contributed by atoms with Gasteiger partial charge in [-0.2, -0.15) is 4.98 Å². The first-order chi connectivity index (χ1) is 16.2. The number of carbonyl (C=O) groups excluding carboxylic acids is 2. The molecule has 1 fully saturated rings. The van der Waals surface area contributed by atoms with Gasteiger partial charge >= 0.3 is 6.09 Å². The van der Waals surface area contributed by atoms with Gasteiger partial charge in [0.1, 0.15) is 11.6 Å². The van der Waals surface area contributed by atoms with E-state index in [9.17, 15) is 9.59 Å². The number of nitrogens with zero attached hydrogens (tertiary/aromatic N) is 3. The minimum atomic E-state index is -0.644. The summed E-state index contributed by atoms with van der Waals surface area (Å²) in [5, 5.41) is 2.81. The van der Waals surface area contributed by atoms with E-state index in [1.807, 2.05) is 29.2 Å². The van der Waals surface area contributed by atoms with Crippen molar-refractivity contribution in [2.45, 2.75) is 58.2 Å². The van der Waals surface area contributed by atoms with E-state index in [0.717, 1.165) is 17.7 Å². The molecule has 0 radical (unpaired) electrons. The molecule has 1 aromatic carbocycles. The van der Waals surface area contributed by atoms with E-state index in [1.165, 1.54) is 18.1 Å². The highest BCUT2D eigenvalue weighted by Gasteiger charge is 2.36. The number of aromatic nitrogens is 1. The summed E-state index contributed by atoms with van der Waals surface area (Å²) in [6.45, 7) is 6.47. The first-order valence-electron chi connectivity index (χ1n) is 11.5. The first kappa shape index (κ1) is 23.8. The molecule has 2 aliphatic rings. The van der Waals surface area contributed by atoms with Crippen molar-refractivity contribution in [3.63, 3.8) is 0 Å². The Labute approximate surface area is 199 Å². The molecule has 9 heteroatoms. The molecule has 2 amide bonds. The third-order valence-corrected chi connectivity index (χ3v) is 5.97. The molecule has 4 rings (SSSR count). The summed E-state index contributed by atoms with van der Waals surface area (Å²) in [6, 6.07) is 8.58. The van der Waals surface area contributed by atoms with Crippen molar-refractivity contribution in [1.29, 1.82) is 0 Å². The Bertz CT molecular complexity index is 1090. The summed E-state index contributed by atoms with van der Waals surface area (Å²) in [5.41, 5.74) is 1.85. The lowest BCUT2D eigenvalue weighted by Gasteiger charge is -2.28. The van der Waals surface area contributed by atoms with Crippen molar-refractivity contribution >= 4 is 23.5 Å². The third-order valence-electron chi connectivity index (χ3n) is 5.97. The summed E-state index contributed by atoms with van der Waals surface area (Å²) in [4.78, 5) is 33.1. The molecule has 34 heavy (non-hydrogen) atoms. The Morgan fingerprint density at radius 3 is 2.74 bits per heavy atom. The Hall–Kier alpha value is -3.36. The number of hydrogen-bond acceptors (Lipinski definition) is 6. The van der Waals surface area contributed by atoms with Gasteiger partial charge < -0.3 is 19.7 Å². The van der Waals surface area contributed by atoms with E-state index >= 15 is 4.39 Å². The van der Waals surface area contributed by atoms with Gasteiger partial charge in [-0.3, -0.25) is 9.69 Å². The molecular weight excluding hydrogens is 439 g/mol. The number of halogens is 1. The Balaban J connectivity index is 1.47. The van der Waals surface area contributed by atoms with E-state index in [4.69, 9.17) is 9.47 Å². The summed E-state index contributed by atoms with van der Waals surface area (Å²) < 4.78 is 26.0. The van der Waals surface area contributed by atoms with Crippen molar-refractivity contribution < 1.29 is 23.5 Å². The maximum Gasteiger partial charge on any atom is 0.410 e. The molecule has 2 aromatic rings. The van der Waals surface area contributed by atoms with Gasteiger partial charge in [-0.05, 0) is 57.7 Å². The fourth-order valence-electron chi connectivity index (χ4n) is 4.43. The van der Waals surface area contributed by atoms with E-state index < -0.39 is 23.6 Å². The molecule has 1 N–H and O–H groups in total. The molecular formula is C25H31FN4O4. The zero-order chi connectivity index (χ0) is 24.5. The van der Waals surface area contributed by atoms with Crippen LogP contribution in [-0.2, 0) is 22.5 Å². The lowest BCUT2D eigenvalue weighted by Crippen LogP contribution is -2.47. The number of carbonyl (C=O) groups is 2. The van der Waals surface area contributed by atoms with Crippen molar-refractivity contribution in [2.75, 3.05) is 25.1 Å². The maximum absolute atomic E-state index is 15.1. The van der Waals surface area contributed by atoms with Crippen LogP contribution in [0.15, 0.2) is 30.3 Å². The monoisotopic (exact) mass is 470 g/mol. The fraction of sp³-hybridized carbons (Fsp3) is 0.480. The predicted octanol–water partition coefficient (Wildman–Crippen LogP) is 3.94. The van der Waals surface area contributed by atoms with Gasteiger partial charge in [0.05, 0.1) is 7.11 Å². The molecule has 1 saturated heterocycles. The minimum absolute atomic E-state index is 0.0292. The summed E-state index contributed by atoms with van der Waals surface area (Å²) in [7, 11) is 1.47. The summed E-state index contributed by atoms with van der Waals surface area (Å²) >= 11 is 0. The van der Waals surface area contributed by atoms with Gasteiger partial charge in [0.2, 0.25) is 11.8 Å². The highest BCUT2D eigenvalue weighted by atomic mass is 19.1. The van der Waals surface area contributed by atoms with Gasteiger partial charge in [-0.15, -0.1) is 0 Å². The number of nitrogens with one attached hydrogen (secondary N) is 1. The van der Waals surface area contributed by atoms with Crippen LogP contribution in [-0.4, -0.2) is 53.7 Å². The van der Waals surface area contributed by atoms with Crippen LogP contribution in [0.1, 0.15) is 44.7 Å². The van der Waals surface area contributed by atoms with Crippen LogP contribution in [0.3, 0.4) is 0 Å². The largest absolute Gasteiger partial charge is 0.481 e. The second-order valence-electron chi connectivity index (χ2n) is 9.54. The number of benzene rings is 1. The zero-order valence-electron chi connectivity index (χ0n) is 20.1. The number of pyridine rings is 1. The Morgan fingerprint density at radius 1 is 1.24 bits per heavy atom. The van der Waals surface area contributed by atoms with Gasteiger partial charge in [0.25, 0.3) is 0 Å². The molecule has 0 saturated carbocycles. The quantitative estimate of drug-likeness (QED) is 0.713. The van der Waals surface area contributed by atoms with Crippen molar-refractivity contribution in [2.24, 2.45) is 0 Å². The third kappa shape index (κ3) is 4.93. The number of fused-ring (bicyclic) bond motifs is 1. The number of anilines is 2. The van der Waals surface area contributed by atoms with Gasteiger partial charge in [-0.25, -0.2) is 9.18 Å². The van der Waals surface area contributed by atoms with Crippen LogP contribution < -0.4 is 15.0 Å². The molecule has 0 unspecified atom stereocenters. The fourth-order valence-corrected chi connectivity index (χ4v) is 4.43. The number of para-hydroxylation sites is 1.